The zero-order chi connectivity index (χ0) is 13.7. The molecule has 0 aromatic heterocycles. The number of rotatable bonds is 7. The van der Waals surface area contributed by atoms with Crippen LogP contribution in [0.5, 0.6) is 5.75 Å². The van der Waals surface area contributed by atoms with Crippen molar-refractivity contribution >= 4 is 0 Å². The molecule has 1 atom stereocenters. The van der Waals surface area contributed by atoms with Crippen LogP contribution in [0, 0.1) is 6.92 Å². The summed E-state index contributed by atoms with van der Waals surface area (Å²) < 4.78 is 11.1. The Balaban J connectivity index is 1.90. The Morgan fingerprint density at radius 1 is 1.42 bits per heavy atom. The summed E-state index contributed by atoms with van der Waals surface area (Å²) in [5.74, 6) is 1.04. The van der Waals surface area contributed by atoms with E-state index in [0.717, 1.165) is 38.4 Å². The number of hydrogen-bond acceptors (Lipinski definition) is 4. The van der Waals surface area contributed by atoms with Crippen LogP contribution in [0.25, 0.3) is 0 Å². The monoisotopic (exact) mass is 264 g/mol. The van der Waals surface area contributed by atoms with Crippen molar-refractivity contribution in [3.8, 4) is 5.75 Å². The van der Waals surface area contributed by atoms with Gasteiger partial charge < -0.3 is 15.2 Å². The van der Waals surface area contributed by atoms with E-state index >= 15 is 0 Å². The first-order valence-electron chi connectivity index (χ1n) is 6.90. The molecule has 2 rings (SSSR count). The number of ether oxygens (including phenoxy) is 2. The second-order valence-electron chi connectivity index (χ2n) is 5.14. The molecule has 0 saturated heterocycles. The number of benzene rings is 1. The van der Waals surface area contributed by atoms with Gasteiger partial charge >= 0.3 is 0 Å². The number of nitrogens with two attached hydrogens (primary N) is 1. The summed E-state index contributed by atoms with van der Waals surface area (Å²) in [4.78, 5) is 2.31. The summed E-state index contributed by atoms with van der Waals surface area (Å²) in [5, 5.41) is 0. The summed E-state index contributed by atoms with van der Waals surface area (Å²) in [6, 6.07) is 6.40. The van der Waals surface area contributed by atoms with Crippen LogP contribution < -0.4 is 10.5 Å². The molecule has 0 bridgehead atoms. The number of aryl methyl sites for hydroxylation is 1. The normalized spacial score (nSPS) is 17.6. The first kappa shape index (κ1) is 14.3. The lowest BCUT2D eigenvalue weighted by Crippen LogP contribution is -2.39. The average Bonchev–Trinajstić information content (AvgIpc) is 2.77. The summed E-state index contributed by atoms with van der Waals surface area (Å²) in [5.41, 5.74) is 8.27. The molecule has 1 aliphatic rings. The lowest BCUT2D eigenvalue weighted by Gasteiger charge is -2.24. The van der Waals surface area contributed by atoms with Crippen LogP contribution in [0.2, 0.25) is 0 Å². The van der Waals surface area contributed by atoms with Crippen molar-refractivity contribution in [3.63, 3.8) is 0 Å². The quantitative estimate of drug-likeness (QED) is 0.804. The van der Waals surface area contributed by atoms with E-state index in [2.05, 4.69) is 30.0 Å². The third-order valence-corrected chi connectivity index (χ3v) is 3.48. The average molecular weight is 264 g/mol. The van der Waals surface area contributed by atoms with Gasteiger partial charge in [-0.25, -0.2) is 0 Å². The minimum Gasteiger partial charge on any atom is -0.488 e. The molecule has 0 fully saturated rings. The summed E-state index contributed by atoms with van der Waals surface area (Å²) in [6.45, 7) is 6.23. The Labute approximate surface area is 115 Å². The van der Waals surface area contributed by atoms with Crippen LogP contribution in [-0.2, 0) is 11.2 Å². The molecule has 0 saturated carbocycles. The van der Waals surface area contributed by atoms with E-state index in [-0.39, 0.29) is 6.10 Å². The van der Waals surface area contributed by atoms with Crippen LogP contribution >= 0.6 is 0 Å². The Kier molecular flexibility index (Phi) is 5.19. The largest absolute Gasteiger partial charge is 0.488 e. The summed E-state index contributed by atoms with van der Waals surface area (Å²) in [7, 11) is 1.73. The Hall–Kier alpha value is -1.10. The van der Waals surface area contributed by atoms with Gasteiger partial charge in [0.1, 0.15) is 11.9 Å². The van der Waals surface area contributed by atoms with E-state index in [9.17, 15) is 0 Å². The molecular formula is C15H24N2O2. The van der Waals surface area contributed by atoms with Crippen LogP contribution in [0.3, 0.4) is 0 Å². The van der Waals surface area contributed by atoms with Gasteiger partial charge in [0, 0.05) is 39.7 Å². The van der Waals surface area contributed by atoms with Gasteiger partial charge in [-0.15, -0.1) is 0 Å². The summed E-state index contributed by atoms with van der Waals surface area (Å²) in [6.07, 6.45) is 1.23. The Morgan fingerprint density at radius 3 is 3.00 bits per heavy atom. The van der Waals surface area contributed by atoms with E-state index in [0.29, 0.717) is 6.54 Å². The van der Waals surface area contributed by atoms with Gasteiger partial charge in [-0.2, -0.15) is 0 Å². The molecule has 2 N–H and O–H groups in total. The van der Waals surface area contributed by atoms with Crippen LogP contribution in [-0.4, -0.2) is 50.9 Å². The fraction of sp³-hybridized carbons (Fsp3) is 0.600. The van der Waals surface area contributed by atoms with Gasteiger partial charge in [-0.1, -0.05) is 17.7 Å². The van der Waals surface area contributed by atoms with Gasteiger partial charge in [0.05, 0.1) is 6.61 Å². The first-order chi connectivity index (χ1) is 9.22. The summed E-state index contributed by atoms with van der Waals surface area (Å²) >= 11 is 0. The maximum Gasteiger partial charge on any atom is 0.123 e. The van der Waals surface area contributed by atoms with Crippen molar-refractivity contribution in [2.45, 2.75) is 19.4 Å². The van der Waals surface area contributed by atoms with Gasteiger partial charge in [0.2, 0.25) is 0 Å². The molecule has 4 nitrogen and oxygen atoms in total. The zero-order valence-corrected chi connectivity index (χ0v) is 11.9. The topological polar surface area (TPSA) is 47.7 Å². The molecule has 106 valence electrons. The smallest absolute Gasteiger partial charge is 0.123 e. The van der Waals surface area contributed by atoms with E-state index in [1.807, 2.05) is 0 Å². The zero-order valence-electron chi connectivity index (χ0n) is 11.9. The number of nitrogens with zero attached hydrogens (tertiary/aromatic N) is 1. The molecule has 19 heavy (non-hydrogen) atoms. The van der Waals surface area contributed by atoms with Crippen LogP contribution in [0.15, 0.2) is 18.2 Å². The van der Waals surface area contributed by atoms with Gasteiger partial charge in [0.25, 0.3) is 0 Å². The van der Waals surface area contributed by atoms with Crippen molar-refractivity contribution in [2.24, 2.45) is 5.73 Å². The van der Waals surface area contributed by atoms with Gasteiger partial charge in [-0.05, 0) is 18.6 Å². The Bertz CT molecular complexity index is 409. The molecule has 1 aromatic rings. The van der Waals surface area contributed by atoms with Crippen molar-refractivity contribution in [1.82, 2.24) is 4.90 Å². The highest BCUT2D eigenvalue weighted by Crippen LogP contribution is 2.29. The fourth-order valence-electron chi connectivity index (χ4n) is 2.54. The lowest BCUT2D eigenvalue weighted by molar-refractivity contribution is 0.113. The minimum absolute atomic E-state index is 0.236. The van der Waals surface area contributed by atoms with Crippen molar-refractivity contribution in [3.05, 3.63) is 29.3 Å². The lowest BCUT2D eigenvalue weighted by atomic mass is 10.1. The Morgan fingerprint density at radius 2 is 2.26 bits per heavy atom. The molecular weight excluding hydrogens is 240 g/mol. The van der Waals surface area contributed by atoms with E-state index in [1.54, 1.807) is 7.11 Å². The first-order valence-corrected chi connectivity index (χ1v) is 6.90. The van der Waals surface area contributed by atoms with Gasteiger partial charge in [-0.3, -0.25) is 4.90 Å². The predicted octanol–water partition coefficient (Wildman–Crippen LogP) is 1.21. The fourth-order valence-corrected chi connectivity index (χ4v) is 2.54. The standard InChI is InChI=1S/C15H24N2O2/c1-12-3-4-15-13(9-12)10-14(19-15)11-17(6-5-16)7-8-18-2/h3-4,9,14H,5-8,10-11,16H2,1-2H3. The SMILES string of the molecule is COCCN(CCN)CC1Cc2cc(C)ccc2O1. The maximum atomic E-state index is 6.00. The van der Waals surface area contributed by atoms with Crippen molar-refractivity contribution < 1.29 is 9.47 Å². The second-order valence-corrected chi connectivity index (χ2v) is 5.14. The highest BCUT2D eigenvalue weighted by atomic mass is 16.5. The molecule has 0 spiro atoms. The molecule has 1 unspecified atom stereocenters. The van der Waals surface area contributed by atoms with E-state index < -0.39 is 0 Å². The molecule has 4 heteroatoms. The molecule has 1 aliphatic heterocycles. The molecule has 0 radical (unpaired) electrons. The highest BCUT2D eigenvalue weighted by molar-refractivity contribution is 5.40. The predicted molar refractivity (Wildman–Crippen MR) is 76.7 cm³/mol. The maximum absolute atomic E-state index is 6.00. The van der Waals surface area contributed by atoms with Crippen molar-refractivity contribution in [1.29, 1.82) is 0 Å². The molecule has 0 aliphatic carbocycles. The molecule has 0 amide bonds. The molecule has 1 aromatic carbocycles. The second kappa shape index (κ2) is 6.89. The number of fused-ring (bicyclic) bond motifs is 1. The number of methoxy groups -OCH3 is 1. The van der Waals surface area contributed by atoms with Crippen molar-refractivity contribution in [2.75, 3.05) is 39.9 Å². The number of hydrogen-bond donors (Lipinski definition) is 1. The third kappa shape index (κ3) is 3.93. The van der Waals surface area contributed by atoms with Crippen LogP contribution in [0.1, 0.15) is 11.1 Å². The van der Waals surface area contributed by atoms with E-state index in [1.165, 1.54) is 11.1 Å². The van der Waals surface area contributed by atoms with Gasteiger partial charge in [0.15, 0.2) is 0 Å². The highest BCUT2D eigenvalue weighted by Gasteiger charge is 2.24. The molecule has 1 heterocycles. The van der Waals surface area contributed by atoms with Crippen LogP contribution in [0.4, 0.5) is 0 Å². The van der Waals surface area contributed by atoms with E-state index in [4.69, 9.17) is 15.2 Å². The third-order valence-electron chi connectivity index (χ3n) is 3.48. The minimum atomic E-state index is 0.236.